The first kappa shape index (κ1) is 54.4. The summed E-state index contributed by atoms with van der Waals surface area (Å²) in [5.74, 6) is -0.844. The van der Waals surface area contributed by atoms with Crippen molar-refractivity contribution in [3.05, 3.63) is 0 Å². The molecule has 0 aliphatic heterocycles. The Morgan fingerprint density at radius 3 is 0.714 bits per heavy atom. The Bertz CT molecular complexity index is 828. The summed E-state index contributed by atoms with van der Waals surface area (Å²) in [6, 6.07) is 0. The number of esters is 3. The Labute approximate surface area is 348 Å². The highest BCUT2D eigenvalue weighted by molar-refractivity contribution is 5.71. The van der Waals surface area contributed by atoms with E-state index in [0.717, 1.165) is 57.8 Å². The lowest BCUT2D eigenvalue weighted by atomic mass is 10.0. The van der Waals surface area contributed by atoms with Crippen LogP contribution in [0.15, 0.2) is 0 Å². The second-order valence-electron chi connectivity index (χ2n) is 17.1. The number of hydrogen-bond acceptors (Lipinski definition) is 6. The summed E-state index contributed by atoms with van der Waals surface area (Å²) in [5, 5.41) is 0. The van der Waals surface area contributed by atoms with Crippen LogP contribution in [0.4, 0.5) is 0 Å². The molecule has 0 aromatic carbocycles. The van der Waals surface area contributed by atoms with Gasteiger partial charge in [0.15, 0.2) is 6.10 Å². The van der Waals surface area contributed by atoms with E-state index in [1.807, 2.05) is 0 Å². The van der Waals surface area contributed by atoms with E-state index >= 15 is 0 Å². The zero-order valence-electron chi connectivity index (χ0n) is 37.9. The number of hydrogen-bond donors (Lipinski definition) is 0. The van der Waals surface area contributed by atoms with E-state index in [4.69, 9.17) is 14.2 Å². The summed E-state index contributed by atoms with van der Waals surface area (Å²) in [4.78, 5) is 37.8. The Kier molecular flexibility index (Phi) is 44.8. The molecule has 0 bridgehead atoms. The zero-order valence-corrected chi connectivity index (χ0v) is 37.9. The summed E-state index contributed by atoms with van der Waals surface area (Å²) in [6.45, 7) is 6.66. The molecule has 6 nitrogen and oxygen atoms in total. The maximum Gasteiger partial charge on any atom is 0.306 e. The number of rotatable bonds is 46. The predicted molar refractivity (Wildman–Crippen MR) is 238 cm³/mol. The molecule has 0 saturated heterocycles. The lowest BCUT2D eigenvalue weighted by molar-refractivity contribution is -0.167. The molecule has 0 spiro atoms. The minimum Gasteiger partial charge on any atom is -0.462 e. The molecule has 0 fully saturated rings. The van der Waals surface area contributed by atoms with Crippen LogP contribution in [0.5, 0.6) is 0 Å². The van der Waals surface area contributed by atoms with E-state index < -0.39 is 6.10 Å². The number of carbonyl (C=O) groups excluding carboxylic acids is 3. The molecule has 1 atom stereocenters. The lowest BCUT2D eigenvalue weighted by Crippen LogP contribution is -2.30. The van der Waals surface area contributed by atoms with Crippen molar-refractivity contribution >= 4 is 17.9 Å². The molecule has 0 radical (unpaired) electrons. The summed E-state index contributed by atoms with van der Waals surface area (Å²) < 4.78 is 16.8. The molecule has 0 unspecified atom stereocenters. The molecule has 6 heteroatoms. The SMILES string of the molecule is CCCCCCCCCCCCCCCCCC(=O)OC[C@@H](COC(=O)CCCCCCCCCCCCC)OC(=O)CCCCCCCCCCCCCC. The van der Waals surface area contributed by atoms with Crippen molar-refractivity contribution in [3.8, 4) is 0 Å². The minimum atomic E-state index is -0.758. The molecular weight excluding hydrogens is 697 g/mol. The highest BCUT2D eigenvalue weighted by Crippen LogP contribution is 2.16. The van der Waals surface area contributed by atoms with Gasteiger partial charge in [-0.1, -0.05) is 245 Å². The predicted octanol–water partition coefficient (Wildman–Crippen LogP) is 16.0. The second-order valence-corrected chi connectivity index (χ2v) is 17.1. The smallest absolute Gasteiger partial charge is 0.306 e. The highest BCUT2D eigenvalue weighted by atomic mass is 16.6. The van der Waals surface area contributed by atoms with Crippen LogP contribution in [0.3, 0.4) is 0 Å². The molecule has 332 valence electrons. The molecule has 0 aliphatic carbocycles. The van der Waals surface area contributed by atoms with Crippen molar-refractivity contribution in [1.29, 1.82) is 0 Å². The van der Waals surface area contributed by atoms with E-state index in [1.54, 1.807) is 0 Å². The third kappa shape index (κ3) is 43.5. The first-order valence-electron chi connectivity index (χ1n) is 25.0. The molecular formula is C50H96O6. The standard InChI is InChI=1S/C50H96O6/c1-4-7-10-13-16-19-22-24-25-26-29-31-34-37-40-43-49(52)55-46-47(45-54-48(51)42-39-36-33-30-27-21-18-15-12-9-6-3)56-50(53)44-41-38-35-32-28-23-20-17-14-11-8-5-2/h47H,4-46H2,1-3H3/t47-/m1/s1. The second kappa shape index (κ2) is 46.1. The summed E-state index contributed by atoms with van der Waals surface area (Å²) in [6.07, 6.45) is 47.9. The van der Waals surface area contributed by atoms with Gasteiger partial charge in [-0.2, -0.15) is 0 Å². The monoisotopic (exact) mass is 793 g/mol. The van der Waals surface area contributed by atoms with Gasteiger partial charge in [0, 0.05) is 19.3 Å². The highest BCUT2D eigenvalue weighted by Gasteiger charge is 2.19. The van der Waals surface area contributed by atoms with E-state index in [2.05, 4.69) is 20.8 Å². The van der Waals surface area contributed by atoms with Crippen LogP contribution in [-0.2, 0) is 28.6 Å². The van der Waals surface area contributed by atoms with Crippen LogP contribution in [0, 0.1) is 0 Å². The van der Waals surface area contributed by atoms with Crippen LogP contribution < -0.4 is 0 Å². The fourth-order valence-corrected chi connectivity index (χ4v) is 7.56. The Morgan fingerprint density at radius 2 is 0.482 bits per heavy atom. The summed E-state index contributed by atoms with van der Waals surface area (Å²) in [5.41, 5.74) is 0. The van der Waals surface area contributed by atoms with E-state index in [-0.39, 0.29) is 31.1 Å². The van der Waals surface area contributed by atoms with Gasteiger partial charge in [0.05, 0.1) is 0 Å². The van der Waals surface area contributed by atoms with Gasteiger partial charge in [-0.3, -0.25) is 14.4 Å². The molecule has 0 heterocycles. The third-order valence-corrected chi connectivity index (χ3v) is 11.4. The molecule has 0 saturated carbocycles. The number of unbranched alkanes of at least 4 members (excludes halogenated alkanes) is 35. The van der Waals surface area contributed by atoms with Gasteiger partial charge in [0.2, 0.25) is 0 Å². The quantitative estimate of drug-likeness (QED) is 0.0347. The van der Waals surface area contributed by atoms with Gasteiger partial charge in [0.1, 0.15) is 13.2 Å². The Balaban J connectivity index is 4.29. The van der Waals surface area contributed by atoms with Crippen LogP contribution >= 0.6 is 0 Å². The summed E-state index contributed by atoms with van der Waals surface area (Å²) in [7, 11) is 0. The van der Waals surface area contributed by atoms with Crippen LogP contribution in [0.1, 0.15) is 284 Å². The maximum absolute atomic E-state index is 12.7. The van der Waals surface area contributed by atoms with Crippen molar-refractivity contribution in [2.24, 2.45) is 0 Å². The zero-order chi connectivity index (χ0) is 40.8. The van der Waals surface area contributed by atoms with Crippen molar-refractivity contribution in [2.45, 2.75) is 290 Å². The molecule has 0 rings (SSSR count). The topological polar surface area (TPSA) is 78.9 Å². The Morgan fingerprint density at radius 1 is 0.286 bits per heavy atom. The molecule has 0 N–H and O–H groups in total. The molecule has 0 aromatic heterocycles. The van der Waals surface area contributed by atoms with Gasteiger partial charge in [-0.25, -0.2) is 0 Å². The molecule has 0 aromatic rings. The lowest BCUT2D eigenvalue weighted by Gasteiger charge is -2.18. The average Bonchev–Trinajstić information content (AvgIpc) is 3.19. The van der Waals surface area contributed by atoms with Crippen molar-refractivity contribution in [3.63, 3.8) is 0 Å². The third-order valence-electron chi connectivity index (χ3n) is 11.4. The summed E-state index contributed by atoms with van der Waals surface area (Å²) >= 11 is 0. The van der Waals surface area contributed by atoms with E-state index in [9.17, 15) is 14.4 Å². The van der Waals surface area contributed by atoms with Crippen LogP contribution in [0.2, 0.25) is 0 Å². The maximum atomic E-state index is 12.7. The molecule has 56 heavy (non-hydrogen) atoms. The van der Waals surface area contributed by atoms with Gasteiger partial charge in [-0.15, -0.1) is 0 Å². The Hall–Kier alpha value is -1.59. The van der Waals surface area contributed by atoms with E-state index in [0.29, 0.717) is 19.3 Å². The van der Waals surface area contributed by atoms with Crippen molar-refractivity contribution in [1.82, 2.24) is 0 Å². The van der Waals surface area contributed by atoms with Gasteiger partial charge >= 0.3 is 17.9 Å². The largest absolute Gasteiger partial charge is 0.462 e. The first-order valence-corrected chi connectivity index (χ1v) is 25.0. The van der Waals surface area contributed by atoms with Gasteiger partial charge < -0.3 is 14.2 Å². The normalized spacial score (nSPS) is 11.8. The first-order chi connectivity index (χ1) is 27.5. The van der Waals surface area contributed by atoms with Crippen LogP contribution in [0.25, 0.3) is 0 Å². The van der Waals surface area contributed by atoms with E-state index in [1.165, 1.54) is 186 Å². The van der Waals surface area contributed by atoms with Gasteiger partial charge in [0.25, 0.3) is 0 Å². The number of ether oxygens (including phenoxy) is 3. The fraction of sp³-hybridized carbons (Fsp3) is 0.940. The average molecular weight is 793 g/mol. The van der Waals surface area contributed by atoms with Crippen molar-refractivity contribution < 1.29 is 28.6 Å². The molecule has 0 amide bonds. The van der Waals surface area contributed by atoms with Crippen LogP contribution in [-0.4, -0.2) is 37.2 Å². The minimum absolute atomic E-state index is 0.0620. The fourth-order valence-electron chi connectivity index (χ4n) is 7.56. The van der Waals surface area contributed by atoms with Gasteiger partial charge in [-0.05, 0) is 19.3 Å². The van der Waals surface area contributed by atoms with Crippen molar-refractivity contribution in [2.75, 3.05) is 13.2 Å². The number of carbonyl (C=O) groups is 3. The molecule has 0 aliphatic rings.